The van der Waals surface area contributed by atoms with Crippen LogP contribution in [-0.2, 0) is 4.79 Å². The van der Waals surface area contributed by atoms with E-state index in [2.05, 4.69) is 21.2 Å². The second-order valence-electron chi connectivity index (χ2n) is 4.31. The van der Waals surface area contributed by atoms with Crippen LogP contribution in [0.2, 0.25) is 0 Å². The number of aryl methyl sites for hydroxylation is 1. The van der Waals surface area contributed by atoms with Crippen LogP contribution in [0.5, 0.6) is 0 Å². The summed E-state index contributed by atoms with van der Waals surface area (Å²) in [5.41, 5.74) is 2.12. The molecule has 1 amide bonds. The Morgan fingerprint density at radius 3 is 2.56 bits per heavy atom. The third-order valence-corrected chi connectivity index (χ3v) is 4.06. The lowest BCUT2D eigenvalue weighted by Crippen LogP contribution is -2.41. The highest BCUT2D eigenvalue weighted by Gasteiger charge is 2.18. The normalized spacial score (nSPS) is 12.1. The molecule has 0 bridgehead atoms. The van der Waals surface area contributed by atoms with Gasteiger partial charge in [-0.05, 0) is 55.3 Å². The molecule has 1 aromatic carbocycles. The standard InChI is InChI=1S/C14H21BrN2O/c1-5-17(6-2)14(18)11(4)16-12-9-7-8-10(3)13(12)15/h7-9,11,16H,5-6H2,1-4H3. The van der Waals surface area contributed by atoms with Gasteiger partial charge in [0.25, 0.3) is 0 Å². The average molecular weight is 313 g/mol. The van der Waals surface area contributed by atoms with E-state index in [1.807, 2.05) is 50.8 Å². The second kappa shape index (κ2) is 6.78. The maximum atomic E-state index is 12.2. The third-order valence-electron chi connectivity index (χ3n) is 3.01. The Balaban J connectivity index is 2.78. The fraction of sp³-hybridized carbons (Fsp3) is 0.500. The summed E-state index contributed by atoms with van der Waals surface area (Å²) in [7, 11) is 0. The molecule has 0 saturated carbocycles. The Kier molecular flexibility index (Phi) is 5.66. The number of carbonyl (C=O) groups is 1. The largest absolute Gasteiger partial charge is 0.373 e. The van der Waals surface area contributed by atoms with Crippen LogP contribution < -0.4 is 5.32 Å². The molecule has 1 N–H and O–H groups in total. The minimum absolute atomic E-state index is 0.133. The van der Waals surface area contributed by atoms with Crippen LogP contribution in [0.15, 0.2) is 22.7 Å². The zero-order chi connectivity index (χ0) is 13.7. The summed E-state index contributed by atoms with van der Waals surface area (Å²) >= 11 is 3.54. The molecule has 1 unspecified atom stereocenters. The minimum atomic E-state index is -0.219. The van der Waals surface area contributed by atoms with Gasteiger partial charge in [0.2, 0.25) is 5.91 Å². The summed E-state index contributed by atoms with van der Waals surface area (Å²) in [5.74, 6) is 0.133. The predicted octanol–water partition coefficient (Wildman–Crippen LogP) is 3.43. The van der Waals surface area contributed by atoms with Crippen molar-refractivity contribution >= 4 is 27.5 Å². The van der Waals surface area contributed by atoms with Crippen molar-refractivity contribution in [3.05, 3.63) is 28.2 Å². The van der Waals surface area contributed by atoms with Crippen molar-refractivity contribution in [1.29, 1.82) is 0 Å². The number of hydrogen-bond acceptors (Lipinski definition) is 2. The van der Waals surface area contributed by atoms with Gasteiger partial charge in [0.15, 0.2) is 0 Å². The Morgan fingerprint density at radius 1 is 1.39 bits per heavy atom. The summed E-state index contributed by atoms with van der Waals surface area (Å²) < 4.78 is 1.02. The van der Waals surface area contributed by atoms with Gasteiger partial charge >= 0.3 is 0 Å². The maximum Gasteiger partial charge on any atom is 0.244 e. The molecule has 0 aliphatic heterocycles. The lowest BCUT2D eigenvalue weighted by Gasteiger charge is -2.24. The lowest BCUT2D eigenvalue weighted by atomic mass is 10.2. The summed E-state index contributed by atoms with van der Waals surface area (Å²) in [6.07, 6.45) is 0. The molecule has 1 aromatic rings. The topological polar surface area (TPSA) is 32.3 Å². The van der Waals surface area contributed by atoms with Gasteiger partial charge in [-0.3, -0.25) is 4.79 Å². The SMILES string of the molecule is CCN(CC)C(=O)C(C)Nc1cccc(C)c1Br. The summed E-state index contributed by atoms with van der Waals surface area (Å²) in [6.45, 7) is 9.42. The second-order valence-corrected chi connectivity index (χ2v) is 5.11. The zero-order valence-corrected chi connectivity index (χ0v) is 13.0. The number of carbonyl (C=O) groups excluding carboxylic acids is 1. The van der Waals surface area contributed by atoms with Gasteiger partial charge in [-0.2, -0.15) is 0 Å². The van der Waals surface area contributed by atoms with Crippen LogP contribution >= 0.6 is 15.9 Å². The number of rotatable bonds is 5. The van der Waals surface area contributed by atoms with E-state index in [4.69, 9.17) is 0 Å². The first kappa shape index (κ1) is 15.0. The molecule has 0 heterocycles. The number of benzene rings is 1. The van der Waals surface area contributed by atoms with Crippen LogP contribution in [0.1, 0.15) is 26.3 Å². The summed E-state index contributed by atoms with van der Waals surface area (Å²) in [4.78, 5) is 14.0. The Hall–Kier alpha value is -1.03. The molecule has 0 spiro atoms. The van der Waals surface area contributed by atoms with Gasteiger partial charge in [-0.1, -0.05) is 12.1 Å². The number of anilines is 1. The Labute approximate surface area is 118 Å². The van der Waals surface area contributed by atoms with E-state index in [0.29, 0.717) is 0 Å². The molecule has 0 aliphatic carbocycles. The van der Waals surface area contributed by atoms with Crippen molar-refractivity contribution in [3.8, 4) is 0 Å². The van der Waals surface area contributed by atoms with Crippen LogP contribution in [-0.4, -0.2) is 29.9 Å². The van der Waals surface area contributed by atoms with E-state index in [9.17, 15) is 4.79 Å². The van der Waals surface area contributed by atoms with Crippen molar-refractivity contribution in [1.82, 2.24) is 4.90 Å². The molecule has 3 nitrogen and oxygen atoms in total. The van der Waals surface area contributed by atoms with Crippen LogP contribution in [0.3, 0.4) is 0 Å². The fourth-order valence-electron chi connectivity index (χ4n) is 1.86. The molecule has 0 radical (unpaired) electrons. The van der Waals surface area contributed by atoms with E-state index >= 15 is 0 Å². The molecular formula is C14H21BrN2O. The number of amides is 1. The quantitative estimate of drug-likeness (QED) is 0.903. The molecule has 18 heavy (non-hydrogen) atoms. The van der Waals surface area contributed by atoms with Gasteiger partial charge in [0.1, 0.15) is 6.04 Å². The number of halogens is 1. The number of likely N-dealkylation sites (N-methyl/N-ethyl adjacent to an activating group) is 1. The highest BCUT2D eigenvalue weighted by Crippen LogP contribution is 2.26. The molecule has 0 aliphatic rings. The van der Waals surface area contributed by atoms with Crippen molar-refractivity contribution < 1.29 is 4.79 Å². The molecule has 0 saturated heterocycles. The van der Waals surface area contributed by atoms with E-state index in [1.165, 1.54) is 0 Å². The summed E-state index contributed by atoms with van der Waals surface area (Å²) in [6, 6.07) is 5.77. The first-order valence-electron chi connectivity index (χ1n) is 6.31. The van der Waals surface area contributed by atoms with Gasteiger partial charge in [0, 0.05) is 23.2 Å². The molecule has 1 atom stereocenters. The van der Waals surface area contributed by atoms with Gasteiger partial charge in [-0.25, -0.2) is 0 Å². The van der Waals surface area contributed by atoms with Crippen LogP contribution in [0.25, 0.3) is 0 Å². The average Bonchev–Trinajstić information content (AvgIpc) is 2.36. The highest BCUT2D eigenvalue weighted by atomic mass is 79.9. The van der Waals surface area contributed by atoms with Gasteiger partial charge in [0.05, 0.1) is 0 Å². The number of hydrogen-bond donors (Lipinski definition) is 1. The van der Waals surface area contributed by atoms with Crippen LogP contribution in [0.4, 0.5) is 5.69 Å². The molecule has 100 valence electrons. The van der Waals surface area contributed by atoms with Crippen molar-refractivity contribution in [2.24, 2.45) is 0 Å². The maximum absolute atomic E-state index is 12.2. The van der Waals surface area contributed by atoms with E-state index < -0.39 is 0 Å². The Morgan fingerprint density at radius 2 is 2.00 bits per heavy atom. The van der Waals surface area contributed by atoms with Crippen LogP contribution in [0, 0.1) is 6.92 Å². The van der Waals surface area contributed by atoms with Gasteiger partial charge in [-0.15, -0.1) is 0 Å². The monoisotopic (exact) mass is 312 g/mol. The predicted molar refractivity (Wildman–Crippen MR) is 79.9 cm³/mol. The lowest BCUT2D eigenvalue weighted by molar-refractivity contribution is -0.131. The molecular weight excluding hydrogens is 292 g/mol. The van der Waals surface area contributed by atoms with E-state index in [-0.39, 0.29) is 11.9 Å². The van der Waals surface area contributed by atoms with Gasteiger partial charge < -0.3 is 10.2 Å². The Bertz CT molecular complexity index is 416. The molecule has 0 aromatic heterocycles. The smallest absolute Gasteiger partial charge is 0.244 e. The van der Waals surface area contributed by atoms with Crippen molar-refractivity contribution in [3.63, 3.8) is 0 Å². The number of nitrogens with one attached hydrogen (secondary N) is 1. The first-order valence-corrected chi connectivity index (χ1v) is 7.11. The minimum Gasteiger partial charge on any atom is -0.373 e. The third kappa shape index (κ3) is 3.48. The molecule has 0 fully saturated rings. The zero-order valence-electron chi connectivity index (χ0n) is 11.5. The van der Waals surface area contributed by atoms with Crippen molar-refractivity contribution in [2.75, 3.05) is 18.4 Å². The van der Waals surface area contributed by atoms with Crippen molar-refractivity contribution in [2.45, 2.75) is 33.7 Å². The molecule has 4 heteroatoms. The van der Waals surface area contributed by atoms with E-state index in [0.717, 1.165) is 28.8 Å². The highest BCUT2D eigenvalue weighted by molar-refractivity contribution is 9.10. The fourth-order valence-corrected chi connectivity index (χ4v) is 2.24. The number of nitrogens with zero attached hydrogens (tertiary/aromatic N) is 1. The van der Waals surface area contributed by atoms with E-state index in [1.54, 1.807) is 0 Å². The molecule has 1 rings (SSSR count). The first-order chi connectivity index (χ1) is 8.51. The summed E-state index contributed by atoms with van der Waals surface area (Å²) in [5, 5.41) is 3.26.